The maximum Gasteiger partial charge on any atom is 0.123 e. The van der Waals surface area contributed by atoms with Crippen molar-refractivity contribution < 1.29 is 4.39 Å². The average molecular weight is 285 g/mol. The van der Waals surface area contributed by atoms with Crippen molar-refractivity contribution in [1.82, 2.24) is 5.32 Å². The maximum atomic E-state index is 13.5. The molecular formula is C19H24FN. The summed E-state index contributed by atoms with van der Waals surface area (Å²) in [6.07, 6.45) is 1.86. The van der Waals surface area contributed by atoms with E-state index >= 15 is 0 Å². The SMILES string of the molecule is CCNCC(CC)(Cc1cccc(F)c1)c1ccccc1. The summed E-state index contributed by atoms with van der Waals surface area (Å²) in [6, 6.07) is 17.5. The van der Waals surface area contributed by atoms with Crippen LogP contribution in [0.3, 0.4) is 0 Å². The largest absolute Gasteiger partial charge is 0.316 e. The minimum absolute atomic E-state index is 0.00502. The minimum atomic E-state index is -0.158. The normalized spacial score (nSPS) is 13.9. The molecule has 1 atom stereocenters. The summed E-state index contributed by atoms with van der Waals surface area (Å²) < 4.78 is 13.5. The van der Waals surface area contributed by atoms with Crippen LogP contribution in [0.25, 0.3) is 0 Å². The standard InChI is InChI=1S/C19H24FN/c1-3-19(15-21-4-2,17-10-6-5-7-11-17)14-16-9-8-12-18(20)13-16/h5-13,21H,3-4,14-15H2,1-2H3. The molecule has 0 aliphatic heterocycles. The molecule has 0 bridgehead atoms. The van der Waals surface area contributed by atoms with Crippen molar-refractivity contribution in [1.29, 1.82) is 0 Å². The van der Waals surface area contributed by atoms with Crippen molar-refractivity contribution in [2.45, 2.75) is 32.1 Å². The van der Waals surface area contributed by atoms with E-state index in [1.165, 1.54) is 11.6 Å². The van der Waals surface area contributed by atoms with Crippen molar-refractivity contribution in [3.05, 3.63) is 71.5 Å². The first kappa shape index (κ1) is 15.7. The molecule has 0 heterocycles. The van der Waals surface area contributed by atoms with Crippen LogP contribution in [0, 0.1) is 5.82 Å². The van der Waals surface area contributed by atoms with Crippen LogP contribution in [-0.4, -0.2) is 13.1 Å². The van der Waals surface area contributed by atoms with E-state index < -0.39 is 0 Å². The summed E-state index contributed by atoms with van der Waals surface area (Å²) in [5.74, 6) is -0.158. The first-order chi connectivity index (χ1) is 10.2. The van der Waals surface area contributed by atoms with Gasteiger partial charge in [0.05, 0.1) is 0 Å². The van der Waals surface area contributed by atoms with Crippen molar-refractivity contribution in [2.24, 2.45) is 0 Å². The third kappa shape index (κ3) is 3.92. The second-order valence-corrected chi connectivity index (χ2v) is 5.59. The molecule has 2 rings (SSSR count). The van der Waals surface area contributed by atoms with Crippen molar-refractivity contribution in [3.8, 4) is 0 Å². The summed E-state index contributed by atoms with van der Waals surface area (Å²) in [5.41, 5.74) is 2.38. The molecule has 1 N–H and O–H groups in total. The number of halogens is 1. The maximum absolute atomic E-state index is 13.5. The van der Waals surface area contributed by atoms with E-state index in [2.05, 4.69) is 43.4 Å². The summed E-state index contributed by atoms with van der Waals surface area (Å²) in [6.45, 7) is 6.18. The summed E-state index contributed by atoms with van der Waals surface area (Å²) in [5, 5.41) is 3.48. The number of hydrogen-bond acceptors (Lipinski definition) is 1. The zero-order valence-corrected chi connectivity index (χ0v) is 12.9. The van der Waals surface area contributed by atoms with Gasteiger partial charge in [-0.1, -0.05) is 56.3 Å². The molecule has 0 aliphatic carbocycles. The molecule has 0 fully saturated rings. The van der Waals surface area contributed by atoms with Gasteiger partial charge in [0.1, 0.15) is 5.82 Å². The van der Waals surface area contributed by atoms with E-state index in [0.29, 0.717) is 0 Å². The molecule has 0 saturated carbocycles. The molecule has 1 nitrogen and oxygen atoms in total. The highest BCUT2D eigenvalue weighted by Crippen LogP contribution is 2.31. The van der Waals surface area contributed by atoms with E-state index in [1.807, 2.05) is 12.1 Å². The zero-order chi connectivity index (χ0) is 15.1. The molecule has 0 aliphatic rings. The molecule has 2 aromatic rings. The van der Waals surface area contributed by atoms with Gasteiger partial charge in [-0.2, -0.15) is 0 Å². The molecular weight excluding hydrogens is 261 g/mol. The second kappa shape index (κ2) is 7.37. The first-order valence-electron chi connectivity index (χ1n) is 7.71. The van der Waals surface area contributed by atoms with E-state index in [4.69, 9.17) is 0 Å². The van der Waals surface area contributed by atoms with Gasteiger partial charge in [-0.15, -0.1) is 0 Å². The van der Waals surface area contributed by atoms with Gasteiger partial charge in [0, 0.05) is 12.0 Å². The Balaban J connectivity index is 2.35. The zero-order valence-electron chi connectivity index (χ0n) is 12.9. The lowest BCUT2D eigenvalue weighted by molar-refractivity contribution is 0.381. The lowest BCUT2D eigenvalue weighted by atomic mass is 9.73. The molecule has 2 heteroatoms. The predicted molar refractivity (Wildman–Crippen MR) is 87.1 cm³/mol. The second-order valence-electron chi connectivity index (χ2n) is 5.59. The van der Waals surface area contributed by atoms with Crippen LogP contribution in [0.5, 0.6) is 0 Å². The number of rotatable bonds is 7. The number of nitrogens with one attached hydrogen (secondary N) is 1. The van der Waals surface area contributed by atoms with Crippen molar-refractivity contribution in [3.63, 3.8) is 0 Å². The van der Waals surface area contributed by atoms with E-state index in [-0.39, 0.29) is 11.2 Å². The number of benzene rings is 2. The summed E-state index contributed by atoms with van der Waals surface area (Å²) >= 11 is 0. The Kier molecular flexibility index (Phi) is 5.51. The highest BCUT2D eigenvalue weighted by Gasteiger charge is 2.30. The fourth-order valence-electron chi connectivity index (χ4n) is 2.91. The van der Waals surface area contributed by atoms with Gasteiger partial charge >= 0.3 is 0 Å². The molecule has 112 valence electrons. The lowest BCUT2D eigenvalue weighted by Gasteiger charge is -2.34. The van der Waals surface area contributed by atoms with Crippen LogP contribution in [0.15, 0.2) is 54.6 Å². The summed E-state index contributed by atoms with van der Waals surface area (Å²) in [4.78, 5) is 0. The monoisotopic (exact) mass is 285 g/mol. The Morgan fingerprint density at radius 1 is 1.00 bits per heavy atom. The Labute approximate surface area is 127 Å². The van der Waals surface area contributed by atoms with Crippen molar-refractivity contribution >= 4 is 0 Å². The molecule has 0 aromatic heterocycles. The fourth-order valence-corrected chi connectivity index (χ4v) is 2.91. The summed E-state index contributed by atoms with van der Waals surface area (Å²) in [7, 11) is 0. The Hall–Kier alpha value is -1.67. The van der Waals surface area contributed by atoms with E-state index in [9.17, 15) is 4.39 Å². The van der Waals surface area contributed by atoms with Crippen LogP contribution >= 0.6 is 0 Å². The average Bonchev–Trinajstić information content (AvgIpc) is 2.52. The van der Waals surface area contributed by atoms with Gasteiger partial charge in [-0.3, -0.25) is 0 Å². The minimum Gasteiger partial charge on any atom is -0.316 e. The van der Waals surface area contributed by atoms with Crippen LogP contribution in [-0.2, 0) is 11.8 Å². The highest BCUT2D eigenvalue weighted by molar-refractivity contribution is 5.30. The van der Waals surface area contributed by atoms with Gasteiger partial charge in [-0.05, 0) is 42.6 Å². The van der Waals surface area contributed by atoms with Gasteiger partial charge in [0.25, 0.3) is 0 Å². The smallest absolute Gasteiger partial charge is 0.123 e. The van der Waals surface area contributed by atoms with Gasteiger partial charge < -0.3 is 5.32 Å². The molecule has 2 aromatic carbocycles. The Bertz CT molecular complexity index is 553. The lowest BCUT2D eigenvalue weighted by Crippen LogP contribution is -2.39. The number of hydrogen-bond donors (Lipinski definition) is 1. The highest BCUT2D eigenvalue weighted by atomic mass is 19.1. The fraction of sp³-hybridized carbons (Fsp3) is 0.368. The quantitative estimate of drug-likeness (QED) is 0.798. The van der Waals surface area contributed by atoms with Gasteiger partial charge in [0.15, 0.2) is 0 Å². The topological polar surface area (TPSA) is 12.0 Å². The van der Waals surface area contributed by atoms with Crippen molar-refractivity contribution in [2.75, 3.05) is 13.1 Å². The van der Waals surface area contributed by atoms with Gasteiger partial charge in [0.2, 0.25) is 0 Å². The third-order valence-electron chi connectivity index (χ3n) is 4.21. The molecule has 21 heavy (non-hydrogen) atoms. The predicted octanol–water partition coefficient (Wildman–Crippen LogP) is 4.33. The van der Waals surface area contributed by atoms with Crippen LogP contribution < -0.4 is 5.32 Å². The van der Waals surface area contributed by atoms with Crippen LogP contribution in [0.4, 0.5) is 4.39 Å². The van der Waals surface area contributed by atoms with E-state index in [0.717, 1.165) is 31.5 Å². The van der Waals surface area contributed by atoms with Gasteiger partial charge in [-0.25, -0.2) is 4.39 Å². The van der Waals surface area contributed by atoms with Crippen LogP contribution in [0.1, 0.15) is 31.4 Å². The Morgan fingerprint density at radius 3 is 2.38 bits per heavy atom. The van der Waals surface area contributed by atoms with Crippen LogP contribution in [0.2, 0.25) is 0 Å². The van der Waals surface area contributed by atoms with E-state index in [1.54, 1.807) is 12.1 Å². The number of likely N-dealkylation sites (N-methyl/N-ethyl adjacent to an activating group) is 1. The molecule has 0 radical (unpaired) electrons. The molecule has 0 amide bonds. The Morgan fingerprint density at radius 2 is 1.76 bits per heavy atom. The first-order valence-corrected chi connectivity index (χ1v) is 7.71. The molecule has 0 saturated heterocycles. The third-order valence-corrected chi connectivity index (χ3v) is 4.21. The molecule has 0 spiro atoms. The molecule has 1 unspecified atom stereocenters.